The van der Waals surface area contributed by atoms with Gasteiger partial charge >= 0.3 is 0 Å². The molecule has 2 aromatic rings. The van der Waals surface area contributed by atoms with Crippen molar-refractivity contribution < 1.29 is 13.9 Å². The molecule has 0 N–H and O–H groups in total. The van der Waals surface area contributed by atoms with Crippen LogP contribution in [-0.4, -0.2) is 32.3 Å². The Hall–Kier alpha value is -2.94. The Kier molecular flexibility index (Phi) is 5.70. The molecule has 1 aromatic carbocycles. The third-order valence-corrected chi connectivity index (χ3v) is 4.71. The fraction of sp³-hybridized carbons (Fsp3) is 0.429. The van der Waals surface area contributed by atoms with Crippen LogP contribution >= 0.6 is 0 Å². The van der Waals surface area contributed by atoms with E-state index in [-0.39, 0.29) is 0 Å². The molecule has 2 heterocycles. The highest BCUT2D eigenvalue weighted by atomic mass is 16.5. The number of nitrogens with zero attached hydrogens (tertiary/aromatic N) is 3. The van der Waals surface area contributed by atoms with Crippen molar-refractivity contribution in [3.8, 4) is 17.6 Å². The Balaban J connectivity index is 1.83. The van der Waals surface area contributed by atoms with Crippen LogP contribution in [0.4, 0.5) is 5.88 Å². The normalized spacial score (nSPS) is 19.9. The molecule has 1 aromatic heterocycles. The number of hydrogen-bond donors (Lipinski definition) is 0. The Morgan fingerprint density at radius 3 is 2.48 bits per heavy atom. The molecule has 0 radical (unpaired) electrons. The topological polar surface area (TPSA) is 71.5 Å². The Morgan fingerprint density at radius 1 is 1.15 bits per heavy atom. The van der Waals surface area contributed by atoms with Gasteiger partial charge in [0.2, 0.25) is 17.5 Å². The highest BCUT2D eigenvalue weighted by Gasteiger charge is 2.27. The Labute approximate surface area is 160 Å². The van der Waals surface area contributed by atoms with Crippen LogP contribution in [0.3, 0.4) is 0 Å². The summed E-state index contributed by atoms with van der Waals surface area (Å²) in [5.74, 6) is 3.45. The fourth-order valence-corrected chi connectivity index (χ4v) is 3.64. The Bertz CT molecular complexity index is 856. The minimum atomic E-state index is 0.336. The summed E-state index contributed by atoms with van der Waals surface area (Å²) in [5, 5.41) is 9.45. The van der Waals surface area contributed by atoms with Crippen molar-refractivity contribution in [1.82, 2.24) is 4.98 Å². The molecule has 1 saturated heterocycles. The number of piperidine rings is 1. The lowest BCUT2D eigenvalue weighted by atomic mass is 9.92. The number of nitriles is 1. The highest BCUT2D eigenvalue weighted by Crippen LogP contribution is 2.31. The lowest BCUT2D eigenvalue weighted by Gasteiger charge is -2.34. The van der Waals surface area contributed by atoms with Gasteiger partial charge in [0.15, 0.2) is 11.5 Å². The van der Waals surface area contributed by atoms with E-state index in [0.717, 1.165) is 18.7 Å². The summed E-state index contributed by atoms with van der Waals surface area (Å²) in [5.41, 5.74) is 1.26. The molecule has 142 valence electrons. The molecule has 0 spiro atoms. The molecule has 1 aliphatic heterocycles. The van der Waals surface area contributed by atoms with E-state index in [0.29, 0.717) is 40.8 Å². The van der Waals surface area contributed by atoms with Gasteiger partial charge in [-0.25, -0.2) is 0 Å². The van der Waals surface area contributed by atoms with Crippen LogP contribution in [0.2, 0.25) is 0 Å². The molecule has 6 nitrogen and oxygen atoms in total. The first kappa shape index (κ1) is 18.8. The van der Waals surface area contributed by atoms with Crippen molar-refractivity contribution >= 4 is 18.0 Å². The number of benzene rings is 1. The summed E-state index contributed by atoms with van der Waals surface area (Å²) in [7, 11) is 3.21. The van der Waals surface area contributed by atoms with E-state index in [4.69, 9.17) is 13.9 Å². The van der Waals surface area contributed by atoms with Crippen molar-refractivity contribution in [2.24, 2.45) is 11.8 Å². The van der Waals surface area contributed by atoms with E-state index in [1.54, 1.807) is 20.3 Å². The molecule has 27 heavy (non-hydrogen) atoms. The van der Waals surface area contributed by atoms with Crippen LogP contribution in [0.1, 0.15) is 37.4 Å². The average molecular weight is 367 g/mol. The van der Waals surface area contributed by atoms with Gasteiger partial charge in [0.25, 0.3) is 0 Å². The second-order valence-electron chi connectivity index (χ2n) is 7.12. The largest absolute Gasteiger partial charge is 0.493 e. The van der Waals surface area contributed by atoms with E-state index in [2.05, 4.69) is 29.8 Å². The smallest absolute Gasteiger partial charge is 0.235 e. The lowest BCUT2D eigenvalue weighted by Crippen LogP contribution is -2.38. The molecule has 2 atom stereocenters. The van der Waals surface area contributed by atoms with Gasteiger partial charge in [-0.2, -0.15) is 10.2 Å². The number of rotatable bonds is 5. The summed E-state index contributed by atoms with van der Waals surface area (Å²) in [6, 6.07) is 7.79. The third-order valence-electron chi connectivity index (χ3n) is 4.71. The summed E-state index contributed by atoms with van der Waals surface area (Å²) >= 11 is 0. The van der Waals surface area contributed by atoms with Gasteiger partial charge in [0.05, 0.1) is 14.2 Å². The van der Waals surface area contributed by atoms with Crippen molar-refractivity contribution in [2.75, 3.05) is 32.2 Å². The molecule has 0 saturated carbocycles. The monoisotopic (exact) mass is 367 g/mol. The summed E-state index contributed by atoms with van der Waals surface area (Å²) in [4.78, 5) is 6.47. The minimum absolute atomic E-state index is 0.336. The molecule has 0 amide bonds. The van der Waals surface area contributed by atoms with Crippen molar-refractivity contribution in [3.63, 3.8) is 0 Å². The van der Waals surface area contributed by atoms with Crippen LogP contribution in [0.25, 0.3) is 12.2 Å². The Morgan fingerprint density at radius 2 is 1.85 bits per heavy atom. The first-order chi connectivity index (χ1) is 13.0. The zero-order valence-corrected chi connectivity index (χ0v) is 16.2. The lowest BCUT2D eigenvalue weighted by molar-refractivity contribution is 0.342. The summed E-state index contributed by atoms with van der Waals surface area (Å²) in [6.45, 7) is 6.21. The van der Waals surface area contributed by atoms with Gasteiger partial charge in [-0.05, 0) is 42.0 Å². The predicted molar refractivity (Wildman–Crippen MR) is 105 cm³/mol. The van der Waals surface area contributed by atoms with Crippen LogP contribution in [0, 0.1) is 23.2 Å². The van der Waals surface area contributed by atoms with Gasteiger partial charge in [0.1, 0.15) is 6.07 Å². The van der Waals surface area contributed by atoms with Crippen molar-refractivity contribution in [3.05, 3.63) is 35.3 Å². The first-order valence-corrected chi connectivity index (χ1v) is 9.10. The van der Waals surface area contributed by atoms with E-state index in [9.17, 15) is 5.26 Å². The van der Waals surface area contributed by atoms with Gasteiger partial charge < -0.3 is 18.8 Å². The van der Waals surface area contributed by atoms with Gasteiger partial charge in [-0.3, -0.25) is 0 Å². The predicted octanol–water partition coefficient (Wildman–Crippen LogP) is 4.22. The van der Waals surface area contributed by atoms with Crippen LogP contribution < -0.4 is 14.4 Å². The van der Waals surface area contributed by atoms with Crippen molar-refractivity contribution in [2.45, 2.75) is 20.3 Å². The zero-order valence-electron chi connectivity index (χ0n) is 16.2. The zero-order chi connectivity index (χ0) is 19.4. The quantitative estimate of drug-likeness (QED) is 0.788. The fourth-order valence-electron chi connectivity index (χ4n) is 3.64. The molecular formula is C21H25N3O3. The number of anilines is 1. The molecule has 1 aliphatic rings. The maximum absolute atomic E-state index is 9.45. The molecular weight excluding hydrogens is 342 g/mol. The molecule has 6 heteroatoms. The standard InChI is InChI=1S/C21H25N3O3/c1-14-9-15(2)13-24(12-14)21-17(11-22)23-20(27-21)8-6-16-5-7-18(25-3)19(10-16)26-4/h5-8,10,14-15H,9,12-13H2,1-4H3. The van der Waals surface area contributed by atoms with E-state index >= 15 is 0 Å². The second kappa shape index (κ2) is 8.17. The van der Waals surface area contributed by atoms with Crippen LogP contribution in [-0.2, 0) is 0 Å². The summed E-state index contributed by atoms with van der Waals surface area (Å²) in [6.07, 6.45) is 4.83. The molecule has 1 fully saturated rings. The number of aromatic nitrogens is 1. The van der Waals surface area contributed by atoms with Gasteiger partial charge in [-0.1, -0.05) is 19.9 Å². The molecule has 0 bridgehead atoms. The molecule has 3 rings (SSSR count). The first-order valence-electron chi connectivity index (χ1n) is 9.10. The average Bonchev–Trinajstić information content (AvgIpc) is 3.08. The van der Waals surface area contributed by atoms with E-state index < -0.39 is 0 Å². The summed E-state index contributed by atoms with van der Waals surface area (Å²) < 4.78 is 16.5. The van der Waals surface area contributed by atoms with Crippen LogP contribution in [0.5, 0.6) is 11.5 Å². The maximum atomic E-state index is 9.45. The van der Waals surface area contributed by atoms with Crippen molar-refractivity contribution in [1.29, 1.82) is 5.26 Å². The van der Waals surface area contributed by atoms with Gasteiger partial charge in [-0.15, -0.1) is 0 Å². The number of ether oxygens (including phenoxy) is 2. The SMILES string of the molecule is COc1ccc(C=Cc2nc(C#N)c(N3CC(C)CC(C)C3)o2)cc1OC. The highest BCUT2D eigenvalue weighted by molar-refractivity contribution is 5.69. The molecule has 0 aliphatic carbocycles. The van der Waals surface area contributed by atoms with Gasteiger partial charge in [0, 0.05) is 19.2 Å². The minimum Gasteiger partial charge on any atom is -0.493 e. The third kappa shape index (κ3) is 4.25. The van der Waals surface area contributed by atoms with Crippen LogP contribution in [0.15, 0.2) is 22.6 Å². The maximum Gasteiger partial charge on any atom is 0.235 e. The number of methoxy groups -OCH3 is 2. The number of oxazole rings is 1. The second-order valence-corrected chi connectivity index (χ2v) is 7.12. The molecule has 2 unspecified atom stereocenters. The van der Waals surface area contributed by atoms with E-state index in [1.165, 1.54) is 6.42 Å². The number of hydrogen-bond acceptors (Lipinski definition) is 6. The van der Waals surface area contributed by atoms with E-state index in [1.807, 2.05) is 24.3 Å².